The van der Waals surface area contributed by atoms with E-state index < -0.39 is 5.97 Å². The zero-order valence-electron chi connectivity index (χ0n) is 9.64. The Morgan fingerprint density at radius 2 is 1.88 bits per heavy atom. The van der Waals surface area contributed by atoms with Gasteiger partial charge in [0.05, 0.1) is 26.5 Å². The van der Waals surface area contributed by atoms with Crippen molar-refractivity contribution >= 4 is 29.0 Å². The van der Waals surface area contributed by atoms with Crippen LogP contribution in [0, 0.1) is 0 Å². The molecule has 90 valence electrons. The van der Waals surface area contributed by atoms with Crippen molar-refractivity contribution in [2.45, 2.75) is 0 Å². The van der Waals surface area contributed by atoms with E-state index in [2.05, 4.69) is 27.1 Å². The second-order valence-corrected chi connectivity index (χ2v) is 3.10. The Morgan fingerprint density at radius 1 is 1.24 bits per heavy atom. The highest BCUT2D eigenvalue weighted by molar-refractivity contribution is 7.78. The Morgan fingerprint density at radius 3 is 2.35 bits per heavy atom. The third-order valence-electron chi connectivity index (χ3n) is 2.07. The average Bonchev–Trinajstić information content (AvgIpc) is 2.37. The highest BCUT2D eigenvalue weighted by Gasteiger charge is 2.17. The lowest BCUT2D eigenvalue weighted by Crippen LogP contribution is -2.04. The van der Waals surface area contributed by atoms with E-state index in [1.807, 2.05) is 0 Å². The molecule has 0 aliphatic carbocycles. The monoisotopic (exact) mass is 253 g/mol. The van der Waals surface area contributed by atoms with Crippen molar-refractivity contribution in [1.29, 1.82) is 0 Å². The molecule has 6 heteroatoms. The number of ether oxygens (including phenoxy) is 3. The summed E-state index contributed by atoms with van der Waals surface area (Å²) < 4.78 is 14.8. The number of carbonyl (C=O) groups excluding carboxylic acids is 1. The van der Waals surface area contributed by atoms with E-state index >= 15 is 0 Å². The Bertz CT molecular complexity index is 481. The maximum atomic E-state index is 11.5. The summed E-state index contributed by atoms with van der Waals surface area (Å²) in [5.74, 6) is 0.259. The number of rotatable bonds is 4. The normalized spacial score (nSPS) is 9.12. The lowest BCUT2D eigenvalue weighted by molar-refractivity contribution is 0.0597. The SMILES string of the molecule is COC(=O)c1cc(N=C=S)c(OC)cc1OC. The molecule has 0 atom stereocenters. The number of isothiocyanates is 1. The number of aliphatic imine (C=N–C) groups is 1. The van der Waals surface area contributed by atoms with Gasteiger partial charge in [-0.15, -0.1) is 0 Å². The van der Waals surface area contributed by atoms with Crippen molar-refractivity contribution in [3.63, 3.8) is 0 Å². The minimum absolute atomic E-state index is 0.250. The number of carbonyl (C=O) groups is 1. The molecule has 0 fully saturated rings. The standard InChI is InChI=1S/C11H11NO4S/c1-14-9-5-10(15-2)8(12-6-17)4-7(9)11(13)16-3/h4-5H,1-3H3. The van der Waals surface area contributed by atoms with E-state index in [1.54, 1.807) is 0 Å². The van der Waals surface area contributed by atoms with Crippen LogP contribution in [0.2, 0.25) is 0 Å². The van der Waals surface area contributed by atoms with Gasteiger partial charge in [0.15, 0.2) is 0 Å². The predicted octanol–water partition coefficient (Wildman–Crippen LogP) is 2.22. The van der Waals surface area contributed by atoms with E-state index in [1.165, 1.54) is 33.5 Å². The first-order valence-electron chi connectivity index (χ1n) is 4.60. The topological polar surface area (TPSA) is 57.1 Å². The number of nitrogens with zero attached hydrogens (tertiary/aromatic N) is 1. The van der Waals surface area contributed by atoms with Gasteiger partial charge in [0.2, 0.25) is 0 Å². The second-order valence-electron chi connectivity index (χ2n) is 2.92. The van der Waals surface area contributed by atoms with Gasteiger partial charge in [-0.3, -0.25) is 0 Å². The van der Waals surface area contributed by atoms with Crippen LogP contribution in [0.15, 0.2) is 17.1 Å². The number of hydrogen-bond donors (Lipinski definition) is 0. The fourth-order valence-electron chi connectivity index (χ4n) is 1.29. The molecule has 0 aromatic heterocycles. The highest BCUT2D eigenvalue weighted by atomic mass is 32.1. The van der Waals surface area contributed by atoms with E-state index in [4.69, 9.17) is 9.47 Å². The molecule has 0 N–H and O–H groups in total. The summed E-state index contributed by atoms with van der Waals surface area (Å²) in [6.45, 7) is 0. The molecule has 0 saturated heterocycles. The second kappa shape index (κ2) is 5.98. The Kier molecular flexibility index (Phi) is 4.63. The quantitative estimate of drug-likeness (QED) is 0.468. The van der Waals surface area contributed by atoms with Crippen LogP contribution >= 0.6 is 12.2 Å². The summed E-state index contributed by atoms with van der Waals surface area (Å²) in [5.41, 5.74) is 0.642. The van der Waals surface area contributed by atoms with Gasteiger partial charge in [-0.25, -0.2) is 4.79 Å². The molecule has 5 nitrogen and oxygen atoms in total. The molecule has 0 bridgehead atoms. The molecule has 1 aromatic carbocycles. The van der Waals surface area contributed by atoms with Gasteiger partial charge >= 0.3 is 5.97 Å². The number of hydrogen-bond acceptors (Lipinski definition) is 6. The van der Waals surface area contributed by atoms with Gasteiger partial charge in [-0.1, -0.05) is 0 Å². The summed E-state index contributed by atoms with van der Waals surface area (Å²) in [5, 5.41) is 2.22. The van der Waals surface area contributed by atoms with E-state index in [-0.39, 0.29) is 5.56 Å². The fourth-order valence-corrected chi connectivity index (χ4v) is 1.39. The summed E-state index contributed by atoms with van der Waals surface area (Å²) in [6.07, 6.45) is 0. The molecule has 1 aromatic rings. The molecule has 0 unspecified atom stereocenters. The van der Waals surface area contributed by atoms with Crippen LogP contribution in [0.5, 0.6) is 11.5 Å². The van der Waals surface area contributed by atoms with Crippen LogP contribution in [0.25, 0.3) is 0 Å². The third-order valence-corrected chi connectivity index (χ3v) is 2.16. The van der Waals surface area contributed by atoms with Crippen molar-refractivity contribution in [3.05, 3.63) is 17.7 Å². The van der Waals surface area contributed by atoms with Crippen molar-refractivity contribution in [3.8, 4) is 11.5 Å². The molecule has 17 heavy (non-hydrogen) atoms. The average molecular weight is 253 g/mol. The smallest absolute Gasteiger partial charge is 0.341 e. The van der Waals surface area contributed by atoms with Crippen LogP contribution in [0.1, 0.15) is 10.4 Å². The number of esters is 1. The maximum Gasteiger partial charge on any atom is 0.341 e. The van der Waals surface area contributed by atoms with Crippen LogP contribution in [-0.2, 0) is 4.74 Å². The number of thiocarbonyl (C=S) groups is 1. The van der Waals surface area contributed by atoms with Crippen molar-refractivity contribution < 1.29 is 19.0 Å². The van der Waals surface area contributed by atoms with E-state index in [9.17, 15) is 4.79 Å². The van der Waals surface area contributed by atoms with Crippen LogP contribution < -0.4 is 9.47 Å². The first kappa shape index (κ1) is 13.2. The molecule has 0 amide bonds. The number of methoxy groups -OCH3 is 3. The fraction of sp³-hybridized carbons (Fsp3) is 0.273. The highest BCUT2D eigenvalue weighted by Crippen LogP contribution is 2.34. The van der Waals surface area contributed by atoms with Gasteiger partial charge in [-0.05, 0) is 18.3 Å². The molecule has 0 aliphatic rings. The van der Waals surface area contributed by atoms with Crippen molar-refractivity contribution in [1.82, 2.24) is 0 Å². The molecular formula is C11H11NO4S. The molecule has 0 radical (unpaired) electrons. The number of benzene rings is 1. The van der Waals surface area contributed by atoms with Gasteiger partial charge < -0.3 is 14.2 Å². The first-order valence-corrected chi connectivity index (χ1v) is 5.01. The maximum absolute atomic E-state index is 11.5. The molecule has 0 heterocycles. The molecular weight excluding hydrogens is 242 g/mol. The van der Waals surface area contributed by atoms with E-state index in [0.717, 1.165) is 0 Å². The molecule has 0 aliphatic heterocycles. The van der Waals surface area contributed by atoms with Crippen LogP contribution in [0.4, 0.5) is 5.69 Å². The zero-order valence-corrected chi connectivity index (χ0v) is 10.5. The Hall–Kier alpha value is -1.91. The summed E-state index contributed by atoms with van der Waals surface area (Å²) >= 11 is 4.52. The minimum atomic E-state index is -0.523. The first-order chi connectivity index (χ1) is 8.17. The zero-order chi connectivity index (χ0) is 12.8. The molecule has 0 saturated carbocycles. The largest absolute Gasteiger partial charge is 0.496 e. The summed E-state index contributed by atoms with van der Waals surface area (Å²) in [6, 6.07) is 3.01. The molecule has 0 spiro atoms. The third kappa shape index (κ3) is 2.81. The van der Waals surface area contributed by atoms with Crippen molar-refractivity contribution in [2.75, 3.05) is 21.3 Å². The lowest BCUT2D eigenvalue weighted by atomic mass is 10.1. The van der Waals surface area contributed by atoms with Gasteiger partial charge in [0, 0.05) is 6.07 Å². The minimum Gasteiger partial charge on any atom is -0.496 e. The van der Waals surface area contributed by atoms with Crippen LogP contribution in [-0.4, -0.2) is 32.5 Å². The van der Waals surface area contributed by atoms with E-state index in [0.29, 0.717) is 17.2 Å². The Balaban J connectivity index is 3.43. The van der Waals surface area contributed by atoms with Crippen LogP contribution in [0.3, 0.4) is 0 Å². The predicted molar refractivity (Wildman–Crippen MR) is 65.6 cm³/mol. The Labute approximate surface area is 104 Å². The van der Waals surface area contributed by atoms with Gasteiger partial charge in [0.1, 0.15) is 22.7 Å². The van der Waals surface area contributed by atoms with Gasteiger partial charge in [0.25, 0.3) is 0 Å². The summed E-state index contributed by atoms with van der Waals surface area (Å²) in [7, 11) is 4.21. The summed E-state index contributed by atoms with van der Waals surface area (Å²) in [4.78, 5) is 15.3. The lowest BCUT2D eigenvalue weighted by Gasteiger charge is -2.10. The van der Waals surface area contributed by atoms with Crippen molar-refractivity contribution in [2.24, 2.45) is 4.99 Å². The molecule has 1 rings (SSSR count). The van der Waals surface area contributed by atoms with Gasteiger partial charge in [-0.2, -0.15) is 4.99 Å².